The summed E-state index contributed by atoms with van der Waals surface area (Å²) in [6, 6.07) is 12.8. The summed E-state index contributed by atoms with van der Waals surface area (Å²) >= 11 is 0. The fraction of sp³-hybridized carbons (Fsp3) is 0.500. The molecular weight excluding hydrogens is 352 g/mol. The van der Waals surface area contributed by atoms with Gasteiger partial charge in [0, 0.05) is 24.7 Å². The molecule has 28 heavy (non-hydrogen) atoms. The highest BCUT2D eigenvalue weighted by atomic mass is 16.2. The van der Waals surface area contributed by atoms with Crippen LogP contribution in [0.5, 0.6) is 0 Å². The molecule has 6 heteroatoms. The van der Waals surface area contributed by atoms with Gasteiger partial charge in [-0.2, -0.15) is 5.10 Å². The number of nitrogens with one attached hydrogen (secondary N) is 1. The van der Waals surface area contributed by atoms with Gasteiger partial charge in [-0.25, -0.2) is 4.68 Å². The molecule has 1 aromatic heterocycles. The van der Waals surface area contributed by atoms with Gasteiger partial charge >= 0.3 is 0 Å². The number of unbranched alkanes of at least 4 members (excludes halogenated alkanes) is 2. The van der Waals surface area contributed by atoms with Crippen LogP contribution in [0.25, 0.3) is 11.3 Å². The predicted octanol–water partition coefficient (Wildman–Crippen LogP) is 2.93. The summed E-state index contributed by atoms with van der Waals surface area (Å²) in [7, 11) is 0. The Hall–Kier alpha value is -2.47. The molecule has 0 fully saturated rings. The van der Waals surface area contributed by atoms with Crippen molar-refractivity contribution in [3.05, 3.63) is 52.8 Å². The molecule has 152 valence electrons. The van der Waals surface area contributed by atoms with Crippen molar-refractivity contribution in [2.75, 3.05) is 26.2 Å². The minimum atomic E-state index is -0.276. The molecule has 0 radical (unpaired) electrons. The number of amides is 1. The van der Waals surface area contributed by atoms with Gasteiger partial charge < -0.3 is 10.2 Å². The molecule has 1 heterocycles. The zero-order chi connectivity index (χ0) is 20.2. The van der Waals surface area contributed by atoms with Crippen LogP contribution in [0.4, 0.5) is 0 Å². The van der Waals surface area contributed by atoms with Crippen LogP contribution in [0.3, 0.4) is 0 Å². The number of carbonyl (C=O) groups is 1. The summed E-state index contributed by atoms with van der Waals surface area (Å²) in [6.07, 6.45) is 4.68. The van der Waals surface area contributed by atoms with E-state index in [-0.39, 0.29) is 18.0 Å². The molecule has 0 aliphatic heterocycles. The van der Waals surface area contributed by atoms with E-state index in [1.807, 2.05) is 30.3 Å². The highest BCUT2D eigenvalue weighted by Gasteiger charge is 2.09. The van der Waals surface area contributed by atoms with Crippen LogP contribution in [0.15, 0.2) is 47.3 Å². The molecular formula is C22H32N4O2. The lowest BCUT2D eigenvalue weighted by molar-refractivity contribution is -0.121. The smallest absolute Gasteiger partial charge is 0.267 e. The van der Waals surface area contributed by atoms with Crippen LogP contribution in [0.1, 0.15) is 39.5 Å². The molecule has 2 rings (SSSR count). The normalized spacial score (nSPS) is 11.0. The zero-order valence-electron chi connectivity index (χ0n) is 17.1. The SMILES string of the molecule is CCCCN(CCCC)CCNC(=O)Cn1nc(-c2ccccc2)ccc1=O. The summed E-state index contributed by atoms with van der Waals surface area (Å²) < 4.78 is 1.23. The number of hydrogen-bond donors (Lipinski definition) is 1. The molecule has 1 amide bonds. The van der Waals surface area contributed by atoms with E-state index >= 15 is 0 Å². The van der Waals surface area contributed by atoms with Crippen molar-refractivity contribution in [2.45, 2.75) is 46.1 Å². The quantitative estimate of drug-likeness (QED) is 0.611. The number of benzene rings is 1. The minimum Gasteiger partial charge on any atom is -0.353 e. The van der Waals surface area contributed by atoms with Crippen molar-refractivity contribution in [3.8, 4) is 11.3 Å². The molecule has 6 nitrogen and oxygen atoms in total. The molecule has 0 unspecified atom stereocenters. The Morgan fingerprint density at radius 1 is 1.00 bits per heavy atom. The first-order chi connectivity index (χ1) is 13.6. The Morgan fingerprint density at radius 3 is 2.32 bits per heavy atom. The van der Waals surface area contributed by atoms with Crippen LogP contribution in [-0.2, 0) is 11.3 Å². The second-order valence-electron chi connectivity index (χ2n) is 6.98. The number of hydrogen-bond acceptors (Lipinski definition) is 4. The van der Waals surface area contributed by atoms with E-state index in [1.165, 1.54) is 36.4 Å². The van der Waals surface area contributed by atoms with Crippen molar-refractivity contribution < 1.29 is 4.79 Å². The van der Waals surface area contributed by atoms with Crippen molar-refractivity contribution >= 4 is 5.91 Å². The molecule has 2 aromatic rings. The summed E-state index contributed by atoms with van der Waals surface area (Å²) in [5.41, 5.74) is 1.32. The maximum Gasteiger partial charge on any atom is 0.267 e. The Labute approximate surface area is 167 Å². The second-order valence-corrected chi connectivity index (χ2v) is 6.98. The molecule has 0 aliphatic rings. The van der Waals surface area contributed by atoms with E-state index in [0.29, 0.717) is 12.2 Å². The van der Waals surface area contributed by atoms with E-state index in [4.69, 9.17) is 0 Å². The number of aromatic nitrogens is 2. The first-order valence-electron chi connectivity index (χ1n) is 10.3. The molecule has 0 atom stereocenters. The van der Waals surface area contributed by atoms with Gasteiger partial charge in [0.25, 0.3) is 5.56 Å². The van der Waals surface area contributed by atoms with Crippen LogP contribution >= 0.6 is 0 Å². The van der Waals surface area contributed by atoms with E-state index in [9.17, 15) is 9.59 Å². The third-order valence-corrected chi connectivity index (χ3v) is 4.64. The maximum absolute atomic E-state index is 12.3. The third-order valence-electron chi connectivity index (χ3n) is 4.64. The standard InChI is InChI=1S/C22H32N4O2/c1-3-5-15-25(16-6-4-2)17-14-23-21(27)18-26-22(28)13-12-20(24-26)19-10-8-7-9-11-19/h7-13H,3-6,14-18H2,1-2H3,(H,23,27). The van der Waals surface area contributed by atoms with E-state index in [0.717, 1.165) is 25.2 Å². The van der Waals surface area contributed by atoms with Gasteiger partial charge in [0.05, 0.1) is 5.69 Å². The number of rotatable bonds is 12. The van der Waals surface area contributed by atoms with Crippen molar-refractivity contribution in [1.82, 2.24) is 20.0 Å². The zero-order valence-corrected chi connectivity index (χ0v) is 17.1. The summed E-state index contributed by atoms with van der Waals surface area (Å²) in [6.45, 7) is 7.85. The van der Waals surface area contributed by atoms with Gasteiger partial charge in [-0.05, 0) is 32.0 Å². The van der Waals surface area contributed by atoms with E-state index in [1.54, 1.807) is 6.07 Å². The first kappa shape index (κ1) is 21.8. The van der Waals surface area contributed by atoms with Crippen molar-refractivity contribution in [1.29, 1.82) is 0 Å². The van der Waals surface area contributed by atoms with Crippen LogP contribution in [0, 0.1) is 0 Å². The van der Waals surface area contributed by atoms with Gasteiger partial charge in [-0.3, -0.25) is 9.59 Å². The van der Waals surface area contributed by atoms with Gasteiger partial charge in [0.15, 0.2) is 0 Å². The van der Waals surface area contributed by atoms with E-state index < -0.39 is 0 Å². The Morgan fingerprint density at radius 2 is 1.68 bits per heavy atom. The monoisotopic (exact) mass is 384 g/mol. The summed E-state index contributed by atoms with van der Waals surface area (Å²) in [5, 5.41) is 7.26. The molecule has 0 bridgehead atoms. The lowest BCUT2D eigenvalue weighted by Crippen LogP contribution is -2.39. The average molecular weight is 385 g/mol. The topological polar surface area (TPSA) is 67.2 Å². The van der Waals surface area contributed by atoms with Gasteiger partial charge in [0.1, 0.15) is 6.54 Å². The predicted molar refractivity (Wildman–Crippen MR) is 113 cm³/mol. The third kappa shape index (κ3) is 7.27. The summed E-state index contributed by atoms with van der Waals surface area (Å²) in [4.78, 5) is 26.8. The van der Waals surface area contributed by atoms with Gasteiger partial charge in [-0.1, -0.05) is 57.0 Å². The lowest BCUT2D eigenvalue weighted by Gasteiger charge is -2.22. The Bertz CT molecular complexity index is 766. The van der Waals surface area contributed by atoms with Gasteiger partial charge in [-0.15, -0.1) is 0 Å². The fourth-order valence-electron chi connectivity index (χ4n) is 2.97. The summed E-state index contributed by atoms with van der Waals surface area (Å²) in [5.74, 6) is -0.189. The fourth-order valence-corrected chi connectivity index (χ4v) is 2.97. The maximum atomic E-state index is 12.3. The van der Waals surface area contributed by atoms with Crippen LogP contribution in [0.2, 0.25) is 0 Å². The molecule has 0 aliphatic carbocycles. The Kier molecular flexibility index (Phi) is 9.42. The van der Waals surface area contributed by atoms with E-state index in [2.05, 4.69) is 29.2 Å². The van der Waals surface area contributed by atoms with Crippen LogP contribution < -0.4 is 10.9 Å². The molecule has 1 aromatic carbocycles. The number of nitrogens with zero attached hydrogens (tertiary/aromatic N) is 3. The lowest BCUT2D eigenvalue weighted by atomic mass is 10.1. The first-order valence-corrected chi connectivity index (χ1v) is 10.3. The highest BCUT2D eigenvalue weighted by Crippen LogP contribution is 2.13. The molecule has 1 N–H and O–H groups in total. The second kappa shape index (κ2) is 12.1. The minimum absolute atomic E-state index is 0.0660. The average Bonchev–Trinajstić information content (AvgIpc) is 2.72. The largest absolute Gasteiger partial charge is 0.353 e. The van der Waals surface area contributed by atoms with Crippen LogP contribution in [-0.4, -0.2) is 46.8 Å². The Balaban J connectivity index is 1.89. The molecule has 0 saturated carbocycles. The molecule has 0 spiro atoms. The van der Waals surface area contributed by atoms with Crippen molar-refractivity contribution in [2.24, 2.45) is 0 Å². The number of carbonyl (C=O) groups excluding carboxylic acids is 1. The van der Waals surface area contributed by atoms with Gasteiger partial charge in [0.2, 0.25) is 5.91 Å². The highest BCUT2D eigenvalue weighted by molar-refractivity contribution is 5.75. The van der Waals surface area contributed by atoms with Crippen molar-refractivity contribution in [3.63, 3.8) is 0 Å². The molecule has 0 saturated heterocycles.